The predicted octanol–water partition coefficient (Wildman–Crippen LogP) is 4.58. The molecule has 2 rings (SSSR count). The summed E-state index contributed by atoms with van der Waals surface area (Å²) in [5.74, 6) is 1.58. The van der Waals surface area contributed by atoms with E-state index in [9.17, 15) is 5.26 Å². The Balaban J connectivity index is 2.19. The van der Waals surface area contributed by atoms with Gasteiger partial charge in [-0.3, -0.25) is 0 Å². The van der Waals surface area contributed by atoms with Gasteiger partial charge in [-0.1, -0.05) is 29.8 Å². The summed E-state index contributed by atoms with van der Waals surface area (Å²) >= 11 is 3.51. The van der Waals surface area contributed by atoms with Crippen molar-refractivity contribution in [2.24, 2.45) is 11.8 Å². The number of halogens is 1. The molecule has 1 aliphatic heterocycles. The van der Waals surface area contributed by atoms with E-state index in [1.165, 1.54) is 19.3 Å². The third-order valence-corrected chi connectivity index (χ3v) is 4.63. The fraction of sp³-hybridized carbons (Fsp3) is 0.562. The average molecular weight is 321 g/mol. The molecule has 0 radical (unpaired) electrons. The zero-order valence-corrected chi connectivity index (χ0v) is 13.3. The van der Waals surface area contributed by atoms with Gasteiger partial charge in [0, 0.05) is 17.6 Å². The van der Waals surface area contributed by atoms with E-state index in [2.05, 4.69) is 46.8 Å². The normalized spacial score (nSPS) is 20.2. The maximum absolute atomic E-state index is 9.26. The molecule has 19 heavy (non-hydrogen) atoms. The zero-order valence-electron chi connectivity index (χ0n) is 11.7. The van der Waals surface area contributed by atoms with Crippen molar-refractivity contribution >= 4 is 21.6 Å². The van der Waals surface area contributed by atoms with Gasteiger partial charge in [-0.05, 0) is 49.3 Å². The van der Waals surface area contributed by atoms with E-state index < -0.39 is 0 Å². The van der Waals surface area contributed by atoms with Crippen molar-refractivity contribution in [2.75, 3.05) is 18.0 Å². The Morgan fingerprint density at radius 2 is 2.11 bits per heavy atom. The van der Waals surface area contributed by atoms with Crippen LogP contribution in [-0.4, -0.2) is 13.1 Å². The summed E-state index contributed by atoms with van der Waals surface area (Å²) in [6.45, 7) is 6.77. The standard InChI is InChI=1S/C16H21BrN2/c1-12(2)13-4-3-8-19(9-7-13)16-10-15(17)6-5-14(16)11-18/h5-6,10,12-13H,3-4,7-9H2,1-2H3. The SMILES string of the molecule is CC(C)C1CCCN(c2cc(Br)ccc2C#N)CC1. The fourth-order valence-electron chi connectivity index (χ4n) is 2.89. The topological polar surface area (TPSA) is 27.0 Å². The summed E-state index contributed by atoms with van der Waals surface area (Å²) in [5.41, 5.74) is 1.87. The molecule has 1 atom stereocenters. The lowest BCUT2D eigenvalue weighted by Crippen LogP contribution is -2.25. The Labute approximate surface area is 124 Å². The lowest BCUT2D eigenvalue weighted by atomic mass is 9.89. The van der Waals surface area contributed by atoms with E-state index in [1.807, 2.05) is 12.1 Å². The van der Waals surface area contributed by atoms with Gasteiger partial charge in [0.25, 0.3) is 0 Å². The number of anilines is 1. The summed E-state index contributed by atoms with van der Waals surface area (Å²) in [4.78, 5) is 2.38. The molecule has 0 saturated carbocycles. The minimum absolute atomic E-state index is 0.762. The van der Waals surface area contributed by atoms with Crippen LogP contribution in [0.15, 0.2) is 22.7 Å². The third-order valence-electron chi connectivity index (χ3n) is 4.14. The number of hydrogen-bond acceptors (Lipinski definition) is 2. The fourth-order valence-corrected chi connectivity index (χ4v) is 3.24. The molecule has 0 bridgehead atoms. The smallest absolute Gasteiger partial charge is 0.101 e. The Morgan fingerprint density at radius 3 is 2.79 bits per heavy atom. The lowest BCUT2D eigenvalue weighted by molar-refractivity contribution is 0.351. The molecule has 1 fully saturated rings. The quantitative estimate of drug-likeness (QED) is 0.797. The first kappa shape index (κ1) is 14.4. The van der Waals surface area contributed by atoms with Crippen molar-refractivity contribution in [2.45, 2.75) is 33.1 Å². The monoisotopic (exact) mass is 320 g/mol. The van der Waals surface area contributed by atoms with Crippen molar-refractivity contribution < 1.29 is 0 Å². The number of nitriles is 1. The molecule has 1 saturated heterocycles. The second-order valence-electron chi connectivity index (χ2n) is 5.70. The molecule has 3 heteroatoms. The summed E-state index contributed by atoms with van der Waals surface area (Å²) in [6, 6.07) is 8.24. The highest BCUT2D eigenvalue weighted by Crippen LogP contribution is 2.30. The van der Waals surface area contributed by atoms with Crippen molar-refractivity contribution in [3.8, 4) is 6.07 Å². The third kappa shape index (κ3) is 3.51. The Morgan fingerprint density at radius 1 is 1.32 bits per heavy atom. The van der Waals surface area contributed by atoms with Crippen LogP contribution < -0.4 is 4.90 Å². The second kappa shape index (κ2) is 6.43. The zero-order chi connectivity index (χ0) is 13.8. The van der Waals surface area contributed by atoms with Crippen LogP contribution in [-0.2, 0) is 0 Å². The molecule has 1 aliphatic rings. The van der Waals surface area contributed by atoms with Crippen LogP contribution in [0.5, 0.6) is 0 Å². The molecule has 0 aromatic heterocycles. The molecule has 1 unspecified atom stereocenters. The Kier molecular flexibility index (Phi) is 4.87. The average Bonchev–Trinajstić information content (AvgIpc) is 2.64. The maximum atomic E-state index is 9.26. The molecule has 0 aliphatic carbocycles. The largest absolute Gasteiger partial charge is 0.370 e. The maximum Gasteiger partial charge on any atom is 0.101 e. The van der Waals surface area contributed by atoms with Crippen LogP contribution in [0.2, 0.25) is 0 Å². The van der Waals surface area contributed by atoms with E-state index >= 15 is 0 Å². The summed E-state index contributed by atoms with van der Waals surface area (Å²) in [6.07, 6.45) is 3.76. The van der Waals surface area contributed by atoms with Gasteiger partial charge < -0.3 is 4.90 Å². The second-order valence-corrected chi connectivity index (χ2v) is 6.61. The van der Waals surface area contributed by atoms with Gasteiger partial charge in [-0.15, -0.1) is 0 Å². The van der Waals surface area contributed by atoms with Crippen LogP contribution in [0.1, 0.15) is 38.7 Å². The van der Waals surface area contributed by atoms with Crippen molar-refractivity contribution in [1.82, 2.24) is 0 Å². The van der Waals surface area contributed by atoms with Gasteiger partial charge in [0.1, 0.15) is 6.07 Å². The predicted molar refractivity (Wildman–Crippen MR) is 83.2 cm³/mol. The van der Waals surface area contributed by atoms with Crippen LogP contribution >= 0.6 is 15.9 Å². The van der Waals surface area contributed by atoms with Gasteiger partial charge in [-0.25, -0.2) is 0 Å². The van der Waals surface area contributed by atoms with Gasteiger partial charge >= 0.3 is 0 Å². The molecular weight excluding hydrogens is 300 g/mol. The van der Waals surface area contributed by atoms with E-state index in [1.54, 1.807) is 0 Å². The van der Waals surface area contributed by atoms with E-state index in [-0.39, 0.29) is 0 Å². The highest BCUT2D eigenvalue weighted by Gasteiger charge is 2.21. The van der Waals surface area contributed by atoms with Gasteiger partial charge in [0.15, 0.2) is 0 Å². The molecule has 1 aromatic rings. The molecule has 102 valence electrons. The van der Waals surface area contributed by atoms with Crippen LogP contribution in [0, 0.1) is 23.2 Å². The van der Waals surface area contributed by atoms with Gasteiger partial charge in [-0.2, -0.15) is 5.26 Å². The summed E-state index contributed by atoms with van der Waals surface area (Å²) in [7, 11) is 0. The van der Waals surface area contributed by atoms with Crippen molar-refractivity contribution in [1.29, 1.82) is 5.26 Å². The number of benzene rings is 1. The first-order valence-electron chi connectivity index (χ1n) is 7.06. The number of hydrogen-bond donors (Lipinski definition) is 0. The van der Waals surface area contributed by atoms with Crippen molar-refractivity contribution in [3.63, 3.8) is 0 Å². The minimum atomic E-state index is 0.762. The summed E-state index contributed by atoms with van der Waals surface area (Å²) in [5, 5.41) is 9.26. The highest BCUT2D eigenvalue weighted by molar-refractivity contribution is 9.10. The molecule has 2 nitrogen and oxygen atoms in total. The van der Waals surface area contributed by atoms with Crippen LogP contribution in [0.4, 0.5) is 5.69 Å². The minimum Gasteiger partial charge on any atom is -0.370 e. The van der Waals surface area contributed by atoms with E-state index in [0.717, 1.165) is 40.6 Å². The molecule has 1 heterocycles. The first-order chi connectivity index (χ1) is 9.11. The Hall–Kier alpha value is -1.01. The van der Waals surface area contributed by atoms with E-state index in [0.29, 0.717) is 0 Å². The molecule has 1 aromatic carbocycles. The molecular formula is C16H21BrN2. The van der Waals surface area contributed by atoms with Crippen LogP contribution in [0.3, 0.4) is 0 Å². The molecule has 0 spiro atoms. The Bertz CT molecular complexity index is 476. The molecule has 0 amide bonds. The van der Waals surface area contributed by atoms with E-state index in [4.69, 9.17) is 0 Å². The van der Waals surface area contributed by atoms with Crippen molar-refractivity contribution in [3.05, 3.63) is 28.2 Å². The van der Waals surface area contributed by atoms with Gasteiger partial charge in [0.05, 0.1) is 11.3 Å². The van der Waals surface area contributed by atoms with Crippen LogP contribution in [0.25, 0.3) is 0 Å². The number of nitrogens with zero attached hydrogens (tertiary/aromatic N) is 2. The summed E-state index contributed by atoms with van der Waals surface area (Å²) < 4.78 is 1.05. The molecule has 0 N–H and O–H groups in total. The lowest BCUT2D eigenvalue weighted by Gasteiger charge is -2.24. The first-order valence-corrected chi connectivity index (χ1v) is 7.85. The number of rotatable bonds is 2. The highest BCUT2D eigenvalue weighted by atomic mass is 79.9. The van der Waals surface area contributed by atoms with Gasteiger partial charge in [0.2, 0.25) is 0 Å².